The molecular weight excluding hydrogens is 385 g/mol. The fourth-order valence-corrected chi connectivity index (χ4v) is 2.96. The molecule has 0 saturated heterocycles. The van der Waals surface area contributed by atoms with E-state index in [1.54, 1.807) is 30.7 Å². The number of fused-ring (bicyclic) bond motifs is 2. The van der Waals surface area contributed by atoms with Gasteiger partial charge in [0.05, 0.1) is 5.52 Å². The van der Waals surface area contributed by atoms with E-state index < -0.39 is 12.3 Å². The number of carbonyl (C=O) groups excluding carboxylic acids is 1. The molecule has 0 aliphatic rings. The molecule has 3 aromatic heterocycles. The third kappa shape index (κ3) is 4.03. The number of primary amides is 1. The van der Waals surface area contributed by atoms with Crippen LogP contribution in [0.3, 0.4) is 0 Å². The van der Waals surface area contributed by atoms with Gasteiger partial charge >= 0.3 is 6.36 Å². The number of H-pyrrole nitrogens is 1. The van der Waals surface area contributed by atoms with Gasteiger partial charge in [0, 0.05) is 52.1 Å². The minimum atomic E-state index is -4.77. The molecule has 6 nitrogen and oxygen atoms in total. The molecule has 9 heteroatoms. The van der Waals surface area contributed by atoms with E-state index in [0.29, 0.717) is 27.7 Å². The summed E-state index contributed by atoms with van der Waals surface area (Å²) in [7, 11) is 0. The molecule has 146 valence electrons. The van der Waals surface area contributed by atoms with E-state index in [0.717, 1.165) is 10.9 Å². The Morgan fingerprint density at radius 3 is 2.62 bits per heavy atom. The largest absolute Gasteiger partial charge is 0.573 e. The van der Waals surface area contributed by atoms with Crippen molar-refractivity contribution in [3.05, 3.63) is 60.6 Å². The van der Waals surface area contributed by atoms with Crippen LogP contribution >= 0.6 is 0 Å². The maximum Gasteiger partial charge on any atom is 0.573 e. The Bertz CT molecular complexity index is 1260. The van der Waals surface area contributed by atoms with Crippen LogP contribution < -0.4 is 10.5 Å². The maximum absolute atomic E-state index is 12.5. The van der Waals surface area contributed by atoms with Crippen molar-refractivity contribution in [1.29, 1.82) is 0 Å². The number of halogens is 3. The summed E-state index contributed by atoms with van der Waals surface area (Å²) >= 11 is 0. The van der Waals surface area contributed by atoms with Gasteiger partial charge in [0.25, 0.3) is 0 Å². The highest BCUT2D eigenvalue weighted by molar-refractivity contribution is 5.96. The predicted octanol–water partition coefficient (Wildman–Crippen LogP) is 4.18. The number of nitrogens with two attached hydrogens (primary N) is 1. The Kier molecular flexibility index (Phi) is 4.42. The van der Waals surface area contributed by atoms with E-state index in [-0.39, 0.29) is 5.75 Å². The number of benzene rings is 1. The maximum atomic E-state index is 12.5. The Hall–Kier alpha value is -3.88. The number of rotatable bonds is 4. The van der Waals surface area contributed by atoms with Crippen molar-refractivity contribution in [3.63, 3.8) is 0 Å². The number of hydrogen-bond donors (Lipinski definition) is 2. The number of nitrogens with one attached hydrogen (secondary N) is 1. The van der Waals surface area contributed by atoms with Crippen LogP contribution in [0, 0.1) is 0 Å². The van der Waals surface area contributed by atoms with Crippen molar-refractivity contribution in [2.45, 2.75) is 6.36 Å². The summed E-state index contributed by atoms with van der Waals surface area (Å²) in [6.45, 7) is 0. The van der Waals surface area contributed by atoms with Crippen molar-refractivity contribution in [2.24, 2.45) is 5.73 Å². The lowest BCUT2D eigenvalue weighted by atomic mass is 10.0. The van der Waals surface area contributed by atoms with Crippen LogP contribution in [-0.4, -0.2) is 27.2 Å². The molecule has 0 saturated carbocycles. The molecule has 29 heavy (non-hydrogen) atoms. The number of alkyl halides is 3. The lowest BCUT2D eigenvalue weighted by Crippen LogP contribution is -2.17. The van der Waals surface area contributed by atoms with Gasteiger partial charge < -0.3 is 15.5 Å². The van der Waals surface area contributed by atoms with Gasteiger partial charge in [0.1, 0.15) is 11.4 Å². The average molecular weight is 398 g/mol. The van der Waals surface area contributed by atoms with Gasteiger partial charge in [-0.2, -0.15) is 0 Å². The van der Waals surface area contributed by atoms with E-state index in [9.17, 15) is 18.0 Å². The second-order valence-electron chi connectivity index (χ2n) is 6.23. The van der Waals surface area contributed by atoms with Crippen LogP contribution in [0.25, 0.3) is 39.1 Å². The highest BCUT2D eigenvalue weighted by atomic mass is 19.4. The second-order valence-corrected chi connectivity index (χ2v) is 6.23. The second kappa shape index (κ2) is 6.93. The van der Waals surface area contributed by atoms with E-state index in [2.05, 4.69) is 19.7 Å². The number of amides is 1. The summed E-state index contributed by atoms with van der Waals surface area (Å²) in [4.78, 5) is 22.6. The molecule has 3 N–H and O–H groups in total. The zero-order valence-corrected chi connectivity index (χ0v) is 14.7. The SMILES string of the molecule is NC(=O)C=Cc1c[nH]c2ncc(-c3cnc4ccc(OC(F)(F)F)cc4c3)cc12. The lowest BCUT2D eigenvalue weighted by Gasteiger charge is -2.10. The van der Waals surface area contributed by atoms with Crippen LogP contribution in [0.5, 0.6) is 5.75 Å². The first-order valence-corrected chi connectivity index (χ1v) is 8.39. The van der Waals surface area contributed by atoms with Gasteiger partial charge in [-0.15, -0.1) is 13.2 Å². The molecule has 4 aromatic rings. The number of aromatic nitrogens is 3. The van der Waals surface area contributed by atoms with Gasteiger partial charge in [-0.3, -0.25) is 9.78 Å². The van der Waals surface area contributed by atoms with Crippen molar-refractivity contribution in [1.82, 2.24) is 15.0 Å². The van der Waals surface area contributed by atoms with Gasteiger partial charge in [-0.1, -0.05) is 0 Å². The first kappa shape index (κ1) is 18.5. The molecule has 0 spiro atoms. The first-order valence-electron chi connectivity index (χ1n) is 8.39. The summed E-state index contributed by atoms with van der Waals surface area (Å²) in [5, 5.41) is 1.25. The van der Waals surface area contributed by atoms with Gasteiger partial charge in [0.2, 0.25) is 5.91 Å². The fourth-order valence-electron chi connectivity index (χ4n) is 2.96. The first-order chi connectivity index (χ1) is 13.8. The highest BCUT2D eigenvalue weighted by Gasteiger charge is 2.31. The molecule has 3 heterocycles. The number of hydrogen-bond acceptors (Lipinski definition) is 4. The average Bonchev–Trinajstić information content (AvgIpc) is 3.06. The number of aromatic amines is 1. The van der Waals surface area contributed by atoms with Crippen LogP contribution in [0.4, 0.5) is 13.2 Å². The van der Waals surface area contributed by atoms with Crippen LogP contribution in [0.1, 0.15) is 5.56 Å². The normalized spacial score (nSPS) is 12.1. The van der Waals surface area contributed by atoms with E-state index >= 15 is 0 Å². The lowest BCUT2D eigenvalue weighted by molar-refractivity contribution is -0.274. The van der Waals surface area contributed by atoms with Crippen molar-refractivity contribution in [2.75, 3.05) is 0 Å². The van der Waals surface area contributed by atoms with E-state index in [1.807, 2.05) is 6.07 Å². The highest BCUT2D eigenvalue weighted by Crippen LogP contribution is 2.30. The molecule has 4 rings (SSSR count). The van der Waals surface area contributed by atoms with Crippen LogP contribution in [0.2, 0.25) is 0 Å². The zero-order chi connectivity index (χ0) is 20.6. The van der Waals surface area contributed by atoms with Crippen LogP contribution in [-0.2, 0) is 4.79 Å². The molecule has 0 atom stereocenters. The Labute approximate surface area is 161 Å². The monoisotopic (exact) mass is 398 g/mol. The minimum Gasteiger partial charge on any atom is -0.406 e. The van der Waals surface area contributed by atoms with Gasteiger partial charge in [-0.05, 0) is 36.4 Å². The summed E-state index contributed by atoms with van der Waals surface area (Å²) in [5.74, 6) is -0.888. The fraction of sp³-hybridized carbons (Fsp3) is 0.0500. The molecule has 0 aliphatic carbocycles. The van der Waals surface area contributed by atoms with Crippen LogP contribution in [0.15, 0.2) is 55.0 Å². The van der Waals surface area contributed by atoms with Crippen molar-refractivity contribution < 1.29 is 22.7 Å². The molecule has 0 aliphatic heterocycles. The third-order valence-electron chi connectivity index (χ3n) is 4.21. The smallest absolute Gasteiger partial charge is 0.406 e. The number of carbonyl (C=O) groups is 1. The van der Waals surface area contributed by atoms with Crippen molar-refractivity contribution >= 4 is 33.9 Å². The summed E-state index contributed by atoms with van der Waals surface area (Å²) in [5.41, 5.74) is 8.39. The van der Waals surface area contributed by atoms with E-state index in [4.69, 9.17) is 5.73 Å². The number of ether oxygens (including phenoxy) is 1. The van der Waals surface area contributed by atoms with Crippen molar-refractivity contribution in [3.8, 4) is 16.9 Å². The molecule has 1 aromatic carbocycles. The number of nitrogens with zero attached hydrogens (tertiary/aromatic N) is 2. The van der Waals surface area contributed by atoms with Gasteiger partial charge in [0.15, 0.2) is 0 Å². The molecule has 0 fully saturated rings. The molecule has 1 amide bonds. The molecule has 0 bridgehead atoms. The minimum absolute atomic E-state index is 0.318. The zero-order valence-electron chi connectivity index (χ0n) is 14.7. The molecule has 0 unspecified atom stereocenters. The third-order valence-corrected chi connectivity index (χ3v) is 4.21. The summed E-state index contributed by atoms with van der Waals surface area (Å²) in [6, 6.07) is 7.51. The molecule has 0 radical (unpaired) electrons. The van der Waals surface area contributed by atoms with Gasteiger partial charge in [-0.25, -0.2) is 4.98 Å². The quantitative estimate of drug-likeness (QED) is 0.505. The van der Waals surface area contributed by atoms with E-state index in [1.165, 1.54) is 24.3 Å². The topological polar surface area (TPSA) is 93.9 Å². The Morgan fingerprint density at radius 2 is 1.86 bits per heavy atom. The summed E-state index contributed by atoms with van der Waals surface area (Å²) < 4.78 is 41.4. The Morgan fingerprint density at radius 1 is 1.10 bits per heavy atom. The molecular formula is C20H13F3N4O2. The standard InChI is InChI=1S/C20H13F3N4O2/c21-20(22,23)29-15-2-3-17-12(6-15)5-13(9-25-17)14-7-16-11(1-4-18(24)28)8-26-19(16)27-10-14/h1-10H,(H2,24,28)(H,26,27). The number of pyridine rings is 2. The predicted molar refractivity (Wildman–Crippen MR) is 102 cm³/mol. The summed E-state index contributed by atoms with van der Waals surface area (Å²) in [6.07, 6.45) is 2.98. The Balaban J connectivity index is 1.76.